The van der Waals surface area contributed by atoms with E-state index in [1.165, 1.54) is 6.92 Å². The third-order valence-electron chi connectivity index (χ3n) is 2.72. The van der Waals surface area contributed by atoms with Crippen molar-refractivity contribution < 1.29 is 13.5 Å². The van der Waals surface area contributed by atoms with Crippen LogP contribution in [0.5, 0.6) is 0 Å². The second-order valence-corrected chi connectivity index (χ2v) is 6.73. The van der Waals surface area contributed by atoms with Crippen LogP contribution in [-0.4, -0.2) is 24.9 Å². The van der Waals surface area contributed by atoms with Gasteiger partial charge in [-0.05, 0) is 31.0 Å². The molecule has 1 aromatic rings. The molecule has 1 aromatic carbocycles. The lowest BCUT2D eigenvalue weighted by molar-refractivity contribution is 0.189. The van der Waals surface area contributed by atoms with Gasteiger partial charge in [-0.25, -0.2) is 8.42 Å². The molecule has 82 valence electrons. The minimum atomic E-state index is -3.35. The average molecular weight is 291 g/mol. The normalized spacial score (nSPS) is 24.9. The molecule has 1 aliphatic heterocycles. The molecule has 1 N–H and O–H groups in total. The second-order valence-electron chi connectivity index (χ2n) is 3.74. The maximum atomic E-state index is 12.0. The Morgan fingerprint density at radius 3 is 2.73 bits per heavy atom. The summed E-state index contributed by atoms with van der Waals surface area (Å²) in [6.45, 7) is 1.52. The van der Waals surface area contributed by atoms with Gasteiger partial charge in [-0.2, -0.15) is 0 Å². The molecule has 0 bridgehead atoms. The van der Waals surface area contributed by atoms with Crippen LogP contribution in [0.4, 0.5) is 0 Å². The van der Waals surface area contributed by atoms with Crippen molar-refractivity contribution in [3.05, 3.63) is 28.2 Å². The molecule has 3 nitrogen and oxygen atoms in total. The van der Waals surface area contributed by atoms with Crippen molar-refractivity contribution in [2.24, 2.45) is 0 Å². The van der Waals surface area contributed by atoms with Crippen molar-refractivity contribution in [2.45, 2.75) is 29.6 Å². The number of sulfone groups is 1. The van der Waals surface area contributed by atoms with Gasteiger partial charge >= 0.3 is 0 Å². The third-order valence-corrected chi connectivity index (χ3v) is 5.82. The Balaban J connectivity index is 2.62. The van der Waals surface area contributed by atoms with Crippen LogP contribution in [0.3, 0.4) is 0 Å². The molecule has 0 saturated heterocycles. The minimum absolute atomic E-state index is 0.350. The molecule has 5 heteroatoms. The first kappa shape index (κ1) is 11.1. The van der Waals surface area contributed by atoms with Crippen LogP contribution in [0, 0.1) is 0 Å². The number of aliphatic hydroxyl groups is 1. The Morgan fingerprint density at radius 2 is 2.20 bits per heavy atom. The van der Waals surface area contributed by atoms with E-state index in [4.69, 9.17) is 0 Å². The van der Waals surface area contributed by atoms with Gasteiger partial charge in [0.05, 0.1) is 16.2 Å². The highest BCUT2D eigenvalue weighted by molar-refractivity contribution is 9.10. The SMILES string of the molecule is CC(O)C1Cc2c(Br)cccc2S1(=O)=O. The number of hydrogen-bond donors (Lipinski definition) is 1. The summed E-state index contributed by atoms with van der Waals surface area (Å²) >= 11 is 3.33. The monoisotopic (exact) mass is 290 g/mol. The van der Waals surface area contributed by atoms with E-state index in [1.54, 1.807) is 12.1 Å². The highest BCUT2D eigenvalue weighted by atomic mass is 79.9. The number of aliphatic hydroxyl groups excluding tert-OH is 1. The number of hydrogen-bond acceptors (Lipinski definition) is 3. The lowest BCUT2D eigenvalue weighted by Gasteiger charge is -2.11. The Morgan fingerprint density at radius 1 is 1.53 bits per heavy atom. The van der Waals surface area contributed by atoms with E-state index in [9.17, 15) is 13.5 Å². The molecule has 1 aliphatic rings. The lowest BCUT2D eigenvalue weighted by atomic mass is 10.1. The average Bonchev–Trinajstić information content (AvgIpc) is 2.40. The summed E-state index contributed by atoms with van der Waals surface area (Å²) in [5.41, 5.74) is 0.781. The zero-order valence-corrected chi connectivity index (χ0v) is 10.5. The van der Waals surface area contributed by atoms with Crippen molar-refractivity contribution in [3.8, 4) is 0 Å². The van der Waals surface area contributed by atoms with Gasteiger partial charge in [-0.1, -0.05) is 22.0 Å². The summed E-state index contributed by atoms with van der Waals surface area (Å²) in [6, 6.07) is 5.11. The van der Waals surface area contributed by atoms with Crippen LogP contribution in [0.2, 0.25) is 0 Å². The predicted octanol–water partition coefficient (Wildman–Crippen LogP) is 1.53. The molecule has 0 aliphatic carbocycles. The molecule has 0 amide bonds. The second kappa shape index (κ2) is 3.57. The van der Waals surface area contributed by atoms with Gasteiger partial charge in [0.25, 0.3) is 0 Å². The summed E-state index contributed by atoms with van der Waals surface area (Å²) in [6.07, 6.45) is -0.453. The zero-order chi connectivity index (χ0) is 11.2. The maximum Gasteiger partial charge on any atom is 0.184 e. The highest BCUT2D eigenvalue weighted by Crippen LogP contribution is 2.36. The Labute approximate surface area is 97.2 Å². The standard InChI is InChI=1S/C10H11BrO3S/c1-6(12)10-5-7-8(11)3-2-4-9(7)15(10,13)14/h2-4,6,10,12H,5H2,1H3. The van der Waals surface area contributed by atoms with Gasteiger partial charge in [0.15, 0.2) is 9.84 Å². The Hall–Kier alpha value is -0.390. The van der Waals surface area contributed by atoms with E-state index < -0.39 is 21.2 Å². The van der Waals surface area contributed by atoms with Crippen molar-refractivity contribution in [2.75, 3.05) is 0 Å². The van der Waals surface area contributed by atoms with Gasteiger partial charge in [-0.15, -0.1) is 0 Å². The van der Waals surface area contributed by atoms with Crippen LogP contribution in [0.1, 0.15) is 12.5 Å². The lowest BCUT2D eigenvalue weighted by Crippen LogP contribution is -2.29. The molecule has 1 heterocycles. The van der Waals surface area contributed by atoms with Crippen LogP contribution in [-0.2, 0) is 16.3 Å². The van der Waals surface area contributed by atoms with E-state index in [2.05, 4.69) is 15.9 Å². The summed E-state index contributed by atoms with van der Waals surface area (Å²) in [4.78, 5) is 0.350. The molecule has 0 aromatic heterocycles. The van der Waals surface area contributed by atoms with Gasteiger partial charge < -0.3 is 5.11 Å². The van der Waals surface area contributed by atoms with Crippen LogP contribution < -0.4 is 0 Å². The van der Waals surface area contributed by atoms with Crippen molar-refractivity contribution in [3.63, 3.8) is 0 Å². The Kier molecular flexibility index (Phi) is 2.65. The smallest absolute Gasteiger partial charge is 0.184 e. The number of benzene rings is 1. The molecule has 2 rings (SSSR count). The molecule has 0 saturated carbocycles. The highest BCUT2D eigenvalue weighted by Gasteiger charge is 2.40. The summed E-state index contributed by atoms with van der Waals surface area (Å²) in [5.74, 6) is 0. The van der Waals surface area contributed by atoms with E-state index >= 15 is 0 Å². The predicted molar refractivity (Wildman–Crippen MR) is 60.5 cm³/mol. The quantitative estimate of drug-likeness (QED) is 0.853. The third kappa shape index (κ3) is 1.62. The number of rotatable bonds is 1. The zero-order valence-electron chi connectivity index (χ0n) is 8.14. The van der Waals surface area contributed by atoms with Gasteiger partial charge in [0.1, 0.15) is 0 Å². The van der Waals surface area contributed by atoms with Gasteiger partial charge in [0, 0.05) is 4.47 Å². The van der Waals surface area contributed by atoms with Crippen molar-refractivity contribution in [1.82, 2.24) is 0 Å². The summed E-state index contributed by atoms with van der Waals surface area (Å²) in [7, 11) is -3.35. The van der Waals surface area contributed by atoms with Crippen LogP contribution >= 0.6 is 15.9 Å². The van der Waals surface area contributed by atoms with Gasteiger partial charge in [0.2, 0.25) is 0 Å². The van der Waals surface area contributed by atoms with E-state index in [0.717, 1.165) is 10.0 Å². The van der Waals surface area contributed by atoms with Crippen molar-refractivity contribution >= 4 is 25.8 Å². The van der Waals surface area contributed by atoms with Crippen LogP contribution in [0.25, 0.3) is 0 Å². The van der Waals surface area contributed by atoms with E-state index in [0.29, 0.717) is 11.3 Å². The fourth-order valence-electron chi connectivity index (χ4n) is 1.91. The summed E-state index contributed by atoms with van der Waals surface area (Å²) in [5, 5.41) is 8.75. The van der Waals surface area contributed by atoms with E-state index in [1.807, 2.05) is 6.07 Å². The molecule has 2 unspecified atom stereocenters. The van der Waals surface area contributed by atoms with Crippen molar-refractivity contribution in [1.29, 1.82) is 0 Å². The fourth-order valence-corrected chi connectivity index (χ4v) is 4.60. The fraction of sp³-hybridized carbons (Fsp3) is 0.400. The van der Waals surface area contributed by atoms with E-state index in [-0.39, 0.29) is 0 Å². The molecule has 0 spiro atoms. The first-order chi connectivity index (χ1) is 6.94. The topological polar surface area (TPSA) is 54.4 Å². The summed E-state index contributed by atoms with van der Waals surface area (Å²) < 4.78 is 24.8. The molecule has 2 atom stereocenters. The number of fused-ring (bicyclic) bond motifs is 1. The molecule has 15 heavy (non-hydrogen) atoms. The molecule has 0 fully saturated rings. The minimum Gasteiger partial charge on any atom is -0.392 e. The Bertz CT molecular complexity index is 493. The molecule has 0 radical (unpaired) electrons. The largest absolute Gasteiger partial charge is 0.392 e. The first-order valence-electron chi connectivity index (χ1n) is 4.64. The first-order valence-corrected chi connectivity index (χ1v) is 6.98. The van der Waals surface area contributed by atoms with Gasteiger partial charge in [-0.3, -0.25) is 0 Å². The molecular weight excluding hydrogens is 280 g/mol. The maximum absolute atomic E-state index is 12.0. The number of halogens is 1. The molecular formula is C10H11BrO3S. The van der Waals surface area contributed by atoms with Crippen LogP contribution in [0.15, 0.2) is 27.6 Å².